The van der Waals surface area contributed by atoms with Crippen molar-refractivity contribution < 1.29 is 29.3 Å². The van der Waals surface area contributed by atoms with Crippen LogP contribution in [-0.2, 0) is 19.1 Å². The predicted octanol–water partition coefficient (Wildman–Crippen LogP) is 9.92. The summed E-state index contributed by atoms with van der Waals surface area (Å²) in [6.45, 7) is 14.6. The van der Waals surface area contributed by atoms with Crippen LogP contribution in [0.5, 0.6) is 0 Å². The highest BCUT2D eigenvalue weighted by Crippen LogP contribution is 2.70. The van der Waals surface area contributed by atoms with E-state index in [1.807, 2.05) is 0 Å². The molecular formula is C48H76O6. The summed E-state index contributed by atoms with van der Waals surface area (Å²) in [6, 6.07) is 0. The summed E-state index contributed by atoms with van der Waals surface area (Å²) in [5.41, 5.74) is 0.221. The van der Waals surface area contributed by atoms with Crippen molar-refractivity contribution in [2.24, 2.45) is 92.7 Å². The van der Waals surface area contributed by atoms with Crippen LogP contribution < -0.4 is 0 Å². The van der Waals surface area contributed by atoms with Gasteiger partial charge < -0.3 is 19.7 Å². The largest absolute Gasteiger partial charge is 0.462 e. The van der Waals surface area contributed by atoms with Gasteiger partial charge in [0.15, 0.2) is 0 Å². The molecule has 8 aliphatic heterocycles. The smallest absolute Gasteiger partial charge is 0.306 e. The molecule has 6 heteroatoms. The van der Waals surface area contributed by atoms with Gasteiger partial charge in [0.1, 0.15) is 12.2 Å². The van der Waals surface area contributed by atoms with Gasteiger partial charge >= 0.3 is 11.9 Å². The van der Waals surface area contributed by atoms with Crippen LogP contribution in [0.25, 0.3) is 0 Å². The van der Waals surface area contributed by atoms with Crippen molar-refractivity contribution >= 4 is 11.9 Å². The molecule has 8 heterocycles. The van der Waals surface area contributed by atoms with E-state index >= 15 is 0 Å². The zero-order chi connectivity index (χ0) is 37.9. The minimum absolute atomic E-state index is 0.0104. The van der Waals surface area contributed by atoms with Crippen LogP contribution in [0.2, 0.25) is 0 Å². The van der Waals surface area contributed by atoms with Crippen LogP contribution in [0, 0.1) is 92.7 Å². The molecule has 0 amide bonds. The molecule has 0 spiro atoms. The maximum atomic E-state index is 13.5. The number of aliphatic hydroxyl groups is 2. The number of hydrogen-bond acceptors (Lipinski definition) is 6. The third-order valence-electron chi connectivity index (χ3n) is 21.2. The van der Waals surface area contributed by atoms with Crippen molar-refractivity contribution in [2.75, 3.05) is 0 Å². The molecule has 54 heavy (non-hydrogen) atoms. The lowest BCUT2D eigenvalue weighted by Gasteiger charge is -2.62. The molecule has 0 aromatic rings. The van der Waals surface area contributed by atoms with Crippen LogP contribution >= 0.6 is 0 Å². The molecule has 6 nitrogen and oxygen atoms in total. The molecule has 0 radical (unpaired) electrons. The second kappa shape index (κ2) is 13.7. The van der Waals surface area contributed by atoms with E-state index in [-0.39, 0.29) is 58.0 Å². The fourth-order valence-corrected chi connectivity index (χ4v) is 18.1. The van der Waals surface area contributed by atoms with Crippen molar-refractivity contribution in [3.8, 4) is 0 Å². The van der Waals surface area contributed by atoms with Crippen LogP contribution in [0.3, 0.4) is 0 Å². The molecule has 8 saturated heterocycles. The minimum Gasteiger partial charge on any atom is -0.462 e. The fourth-order valence-electron chi connectivity index (χ4n) is 18.1. The summed E-state index contributed by atoms with van der Waals surface area (Å²) in [5, 5.41) is 24.3. The monoisotopic (exact) mass is 749 g/mol. The topological polar surface area (TPSA) is 93.1 Å². The molecule has 8 saturated carbocycles. The van der Waals surface area contributed by atoms with Gasteiger partial charge in [-0.3, -0.25) is 9.59 Å². The van der Waals surface area contributed by atoms with Crippen molar-refractivity contribution in [2.45, 2.75) is 194 Å². The van der Waals surface area contributed by atoms with Crippen molar-refractivity contribution in [3.05, 3.63) is 0 Å². The quantitative estimate of drug-likeness (QED) is 0.240. The Hall–Kier alpha value is -1.14. The van der Waals surface area contributed by atoms with E-state index in [9.17, 15) is 19.8 Å². The molecule has 2 N–H and O–H groups in total. The standard InChI is InChI=1S/C48H76O6/c1-27-7-17-43(51)53-31-19-21-46(4)30(23-31)10-12-34-38-16-14-36(48(38,6)42(50)26-40(34)46)28(2)8-18-44(52)54-32-20-22-45(3)29(24-32)9-11-33-37-15-13-35(27)47(37,5)41(49)25-39(33)45/h27-42,49-50H,7-26H2,1-6H3/t27-,28-,29-,30-,31-,32-,33+,34+,35-,36-,37+,38+,39+,40+,41+,42+,45+,46+,47-,48-/m1/s1. The van der Waals surface area contributed by atoms with E-state index < -0.39 is 0 Å². The lowest BCUT2D eigenvalue weighted by molar-refractivity contribution is -0.184. The summed E-state index contributed by atoms with van der Waals surface area (Å²) in [7, 11) is 0. The molecular weight excluding hydrogens is 673 g/mol. The van der Waals surface area contributed by atoms with Crippen LogP contribution in [0.4, 0.5) is 0 Å². The van der Waals surface area contributed by atoms with E-state index in [0.717, 1.165) is 77.0 Å². The molecule has 16 rings (SSSR count). The maximum Gasteiger partial charge on any atom is 0.306 e. The van der Waals surface area contributed by atoms with E-state index in [2.05, 4.69) is 41.5 Å². The SMILES string of the molecule is C[C@@H]1CCC(=O)O[C@@H]2CC[C@@]3(C)[C@H](CC[C@@H]4[C@@H]3C[C@H](O)[C@]3(C)[C@H](CC[C@@H]43)[C@H](C)CCC(=O)O[C@@H]3CC[C@@]4(C)[C@H](CC[C@@H]5[C@@H]4C[C@H](O)[C@]4(C)[C@@H]1CC[C@@H]54)C3)C2. The molecule has 8 aliphatic carbocycles. The highest BCUT2D eigenvalue weighted by molar-refractivity contribution is 5.70. The minimum atomic E-state index is -0.300. The molecule has 16 aliphatic rings. The van der Waals surface area contributed by atoms with Crippen LogP contribution in [-0.4, -0.2) is 46.6 Å². The van der Waals surface area contributed by atoms with Crippen LogP contribution in [0.15, 0.2) is 0 Å². The van der Waals surface area contributed by atoms with Gasteiger partial charge in [-0.1, -0.05) is 41.5 Å². The van der Waals surface area contributed by atoms with Gasteiger partial charge in [-0.25, -0.2) is 0 Å². The molecule has 16 fully saturated rings. The second-order valence-corrected chi connectivity index (χ2v) is 22.7. The lowest BCUT2D eigenvalue weighted by atomic mass is 9.43. The van der Waals surface area contributed by atoms with Gasteiger partial charge in [-0.2, -0.15) is 0 Å². The zero-order valence-electron chi connectivity index (χ0n) is 34.9. The predicted molar refractivity (Wildman–Crippen MR) is 210 cm³/mol. The second-order valence-electron chi connectivity index (χ2n) is 22.7. The fraction of sp³-hybridized carbons (Fsp3) is 0.958. The number of carbonyl (C=O) groups excluding carboxylic acids is 2. The number of carbonyl (C=O) groups is 2. The average molecular weight is 749 g/mol. The Balaban J connectivity index is 0.964. The van der Waals surface area contributed by atoms with Gasteiger partial charge in [0.2, 0.25) is 0 Å². The van der Waals surface area contributed by atoms with Gasteiger partial charge in [-0.05, 0) is 208 Å². The third-order valence-corrected chi connectivity index (χ3v) is 21.2. The molecule has 0 aromatic carbocycles. The summed E-state index contributed by atoms with van der Waals surface area (Å²) in [4.78, 5) is 27.1. The van der Waals surface area contributed by atoms with E-state index in [4.69, 9.17) is 9.47 Å². The molecule has 304 valence electrons. The van der Waals surface area contributed by atoms with Crippen LogP contribution in [0.1, 0.15) is 170 Å². The average Bonchev–Trinajstić information content (AvgIpc) is 3.69. The number of rotatable bonds is 0. The van der Waals surface area contributed by atoms with Gasteiger partial charge in [0.05, 0.1) is 12.2 Å². The van der Waals surface area contributed by atoms with Gasteiger partial charge in [-0.15, -0.1) is 0 Å². The summed E-state index contributed by atoms with van der Waals surface area (Å²) in [6.07, 6.45) is 19.6. The Morgan fingerprint density at radius 1 is 0.481 bits per heavy atom. The normalized spacial score (nSPS) is 57.6. The number of esters is 2. The number of hydrogen-bond donors (Lipinski definition) is 2. The Morgan fingerprint density at radius 2 is 0.870 bits per heavy atom. The summed E-state index contributed by atoms with van der Waals surface area (Å²) >= 11 is 0. The summed E-state index contributed by atoms with van der Waals surface area (Å²) < 4.78 is 12.7. The Kier molecular flexibility index (Phi) is 9.76. The highest BCUT2D eigenvalue weighted by atomic mass is 16.5. The van der Waals surface area contributed by atoms with Gasteiger partial charge in [0, 0.05) is 12.8 Å². The Morgan fingerprint density at radius 3 is 1.28 bits per heavy atom. The molecule has 0 aromatic heterocycles. The van der Waals surface area contributed by atoms with E-state index in [0.29, 0.717) is 83.9 Å². The molecule has 16 bridgehead atoms. The first-order valence-electron chi connectivity index (χ1n) is 23.4. The van der Waals surface area contributed by atoms with E-state index in [1.165, 1.54) is 38.5 Å². The first-order valence-corrected chi connectivity index (χ1v) is 23.4. The van der Waals surface area contributed by atoms with E-state index in [1.54, 1.807) is 0 Å². The lowest BCUT2D eigenvalue weighted by Crippen LogP contribution is -2.59. The number of ether oxygens (including phenoxy) is 2. The Bertz CT molecular complexity index is 1340. The third kappa shape index (κ3) is 5.71. The zero-order valence-corrected chi connectivity index (χ0v) is 34.9. The van der Waals surface area contributed by atoms with Crippen molar-refractivity contribution in [1.82, 2.24) is 0 Å². The molecule has 0 unspecified atom stereocenters. The van der Waals surface area contributed by atoms with Crippen molar-refractivity contribution in [1.29, 1.82) is 0 Å². The Labute approximate surface area is 327 Å². The van der Waals surface area contributed by atoms with Crippen molar-refractivity contribution in [3.63, 3.8) is 0 Å². The van der Waals surface area contributed by atoms with Gasteiger partial charge in [0.25, 0.3) is 0 Å². The number of aliphatic hydroxyl groups excluding tert-OH is 2. The maximum absolute atomic E-state index is 13.5. The highest BCUT2D eigenvalue weighted by Gasteiger charge is 2.66. The first kappa shape index (κ1) is 38.4. The first-order chi connectivity index (χ1) is 25.7. The summed E-state index contributed by atoms with van der Waals surface area (Å²) in [5.74, 6) is 6.21. The molecule has 20 atom stereocenters.